The number of anilines is 1. The lowest BCUT2D eigenvalue weighted by molar-refractivity contribution is -0.130. The largest absolute Gasteiger partial charge is 0.478 e. The molecule has 1 heterocycles. The predicted octanol–water partition coefficient (Wildman–Crippen LogP) is 5.79. The maximum absolute atomic E-state index is 13.7. The van der Waals surface area contributed by atoms with E-state index in [0.29, 0.717) is 30.9 Å². The third-order valence-electron chi connectivity index (χ3n) is 8.98. The van der Waals surface area contributed by atoms with Gasteiger partial charge < -0.3 is 25.8 Å². The molecule has 1 atom stereocenters. The molecule has 13 nitrogen and oxygen atoms in total. The standard InChI is InChI=1S/C38H45N7O6/c1-5-25-14-15-29(36(48)49)21-31(25)26-10-6-23(7-11-26)20-32(35(47)40-30-18-16-27(17-19-30)33-42-44-45-43-33)41-34(46)28-12-8-24(9-13-28)22-39-37(50)51-38(2,3)4/h6-7,10-11,14-19,21,24,28,32H,5,8-9,12-13,20,22H2,1-4H3,(H,39,50)(H,40,47)(H,41,46)(H,48,49)(H,42,43,44,45)/t24?,28?,32-/m0/s1. The molecule has 4 aromatic rings. The number of aromatic carboxylic acids is 1. The van der Waals surface area contributed by atoms with Gasteiger partial charge in [-0.2, -0.15) is 5.21 Å². The van der Waals surface area contributed by atoms with Gasteiger partial charge in [0.2, 0.25) is 17.6 Å². The summed E-state index contributed by atoms with van der Waals surface area (Å²) in [6.45, 7) is 7.95. The van der Waals surface area contributed by atoms with Crippen LogP contribution in [0.5, 0.6) is 0 Å². The van der Waals surface area contributed by atoms with E-state index in [4.69, 9.17) is 4.74 Å². The highest BCUT2D eigenvalue weighted by atomic mass is 16.6. The van der Waals surface area contributed by atoms with Crippen LogP contribution in [0.15, 0.2) is 66.7 Å². The molecule has 1 aromatic heterocycles. The molecule has 0 aliphatic heterocycles. The van der Waals surface area contributed by atoms with Crippen molar-refractivity contribution in [3.8, 4) is 22.5 Å². The number of ether oxygens (including phenoxy) is 1. The number of carbonyl (C=O) groups excluding carboxylic acids is 3. The fourth-order valence-electron chi connectivity index (χ4n) is 6.23. The van der Waals surface area contributed by atoms with Crippen LogP contribution in [-0.2, 0) is 27.2 Å². The number of nitrogens with one attached hydrogen (secondary N) is 4. The summed E-state index contributed by atoms with van der Waals surface area (Å²) in [6, 6.07) is 18.9. The zero-order chi connectivity index (χ0) is 36.5. The summed E-state index contributed by atoms with van der Waals surface area (Å²) in [5.74, 6) is -1.14. The molecule has 0 saturated heterocycles. The lowest BCUT2D eigenvalue weighted by Crippen LogP contribution is -2.48. The molecule has 0 spiro atoms. The highest BCUT2D eigenvalue weighted by Gasteiger charge is 2.30. The number of aryl methyl sites for hydroxylation is 1. The maximum atomic E-state index is 13.7. The number of tetrazole rings is 1. The first-order valence-electron chi connectivity index (χ1n) is 17.3. The summed E-state index contributed by atoms with van der Waals surface area (Å²) in [7, 11) is 0. The van der Waals surface area contributed by atoms with Crippen molar-refractivity contribution in [2.75, 3.05) is 11.9 Å². The van der Waals surface area contributed by atoms with E-state index in [1.807, 2.05) is 58.0 Å². The Labute approximate surface area is 297 Å². The number of rotatable bonds is 12. The Kier molecular flexibility index (Phi) is 11.8. The third-order valence-corrected chi connectivity index (χ3v) is 8.98. The minimum Gasteiger partial charge on any atom is -0.478 e. The molecule has 0 radical (unpaired) electrons. The second-order valence-corrected chi connectivity index (χ2v) is 13.9. The summed E-state index contributed by atoms with van der Waals surface area (Å²) in [4.78, 5) is 51.1. The average molecular weight is 696 g/mol. The van der Waals surface area contributed by atoms with Crippen molar-refractivity contribution in [2.45, 2.75) is 77.9 Å². The number of hydrogen-bond acceptors (Lipinski definition) is 8. The summed E-state index contributed by atoms with van der Waals surface area (Å²) < 4.78 is 5.34. The van der Waals surface area contributed by atoms with Crippen LogP contribution in [0.3, 0.4) is 0 Å². The van der Waals surface area contributed by atoms with E-state index in [-0.39, 0.29) is 35.6 Å². The Bertz CT molecular complexity index is 1810. The normalized spacial score (nSPS) is 16.5. The number of alkyl carbamates (subject to hydrolysis) is 1. The van der Waals surface area contributed by atoms with Gasteiger partial charge in [-0.3, -0.25) is 9.59 Å². The van der Waals surface area contributed by atoms with Gasteiger partial charge in [0, 0.05) is 30.1 Å². The topological polar surface area (TPSA) is 188 Å². The van der Waals surface area contributed by atoms with Crippen LogP contribution in [0.1, 0.15) is 74.9 Å². The smallest absolute Gasteiger partial charge is 0.407 e. The number of carbonyl (C=O) groups is 4. The van der Waals surface area contributed by atoms with Gasteiger partial charge in [-0.1, -0.05) is 37.3 Å². The fourth-order valence-corrected chi connectivity index (χ4v) is 6.23. The van der Waals surface area contributed by atoms with Crippen LogP contribution in [0.2, 0.25) is 0 Å². The second-order valence-electron chi connectivity index (χ2n) is 13.9. The van der Waals surface area contributed by atoms with Crippen LogP contribution in [0.4, 0.5) is 10.5 Å². The molecule has 51 heavy (non-hydrogen) atoms. The van der Waals surface area contributed by atoms with Crippen molar-refractivity contribution in [1.29, 1.82) is 0 Å². The first kappa shape index (κ1) is 36.7. The van der Waals surface area contributed by atoms with E-state index in [0.717, 1.165) is 47.1 Å². The molecule has 13 heteroatoms. The van der Waals surface area contributed by atoms with Crippen LogP contribution >= 0.6 is 0 Å². The number of nitrogens with zero attached hydrogens (tertiary/aromatic N) is 3. The lowest BCUT2D eigenvalue weighted by Gasteiger charge is -2.29. The van der Waals surface area contributed by atoms with Crippen molar-refractivity contribution in [3.63, 3.8) is 0 Å². The van der Waals surface area contributed by atoms with Crippen molar-refractivity contribution in [1.82, 2.24) is 31.3 Å². The van der Waals surface area contributed by atoms with Crippen molar-refractivity contribution < 1.29 is 29.0 Å². The minimum absolute atomic E-state index is 0.184. The molecule has 0 bridgehead atoms. The number of aromatic amines is 1. The first-order valence-corrected chi connectivity index (χ1v) is 17.3. The molecular formula is C38H45N7O6. The van der Waals surface area contributed by atoms with Gasteiger partial charge in [0.1, 0.15) is 11.6 Å². The Balaban J connectivity index is 1.27. The summed E-state index contributed by atoms with van der Waals surface area (Å²) in [5, 5.41) is 32.3. The summed E-state index contributed by atoms with van der Waals surface area (Å²) in [5.41, 5.74) is 4.47. The number of aromatic nitrogens is 4. The van der Waals surface area contributed by atoms with Crippen LogP contribution in [0.25, 0.3) is 22.5 Å². The molecule has 1 aliphatic carbocycles. The molecule has 3 amide bonds. The molecule has 5 N–H and O–H groups in total. The minimum atomic E-state index is -0.990. The number of benzene rings is 3. The van der Waals surface area contributed by atoms with Crippen LogP contribution < -0.4 is 16.0 Å². The number of carboxylic acids is 1. The quantitative estimate of drug-likeness (QED) is 0.122. The number of hydrogen-bond donors (Lipinski definition) is 5. The van der Waals surface area contributed by atoms with Gasteiger partial charge in [-0.25, -0.2) is 9.59 Å². The summed E-state index contributed by atoms with van der Waals surface area (Å²) >= 11 is 0. The molecule has 1 fully saturated rings. The van der Waals surface area contributed by atoms with E-state index < -0.39 is 23.7 Å². The van der Waals surface area contributed by atoms with Crippen LogP contribution in [0, 0.1) is 11.8 Å². The molecule has 1 aliphatic rings. The van der Waals surface area contributed by atoms with Gasteiger partial charge >= 0.3 is 12.1 Å². The Morgan fingerprint density at radius 1 is 0.941 bits per heavy atom. The van der Waals surface area contributed by atoms with E-state index in [9.17, 15) is 24.3 Å². The highest BCUT2D eigenvalue weighted by Crippen LogP contribution is 2.30. The Hall–Kier alpha value is -5.59. The van der Waals surface area contributed by atoms with E-state index in [1.165, 1.54) is 0 Å². The fraction of sp³-hybridized carbons (Fsp3) is 0.395. The van der Waals surface area contributed by atoms with E-state index >= 15 is 0 Å². The van der Waals surface area contributed by atoms with E-state index in [2.05, 4.69) is 36.6 Å². The number of amides is 3. The number of H-pyrrole nitrogens is 1. The van der Waals surface area contributed by atoms with E-state index in [1.54, 1.807) is 36.4 Å². The van der Waals surface area contributed by atoms with Gasteiger partial charge in [-0.15, -0.1) is 10.2 Å². The zero-order valence-corrected chi connectivity index (χ0v) is 29.4. The lowest BCUT2D eigenvalue weighted by atomic mass is 9.81. The molecule has 3 aromatic carbocycles. The van der Waals surface area contributed by atoms with Gasteiger partial charge in [0.15, 0.2) is 0 Å². The van der Waals surface area contributed by atoms with Crippen molar-refractivity contribution >= 4 is 29.6 Å². The third kappa shape index (κ3) is 10.2. The van der Waals surface area contributed by atoms with Gasteiger partial charge in [0.05, 0.1) is 5.56 Å². The average Bonchev–Trinajstić information content (AvgIpc) is 3.65. The molecular weight excluding hydrogens is 650 g/mol. The molecule has 5 rings (SSSR count). The second kappa shape index (κ2) is 16.4. The SMILES string of the molecule is CCc1ccc(C(=O)O)cc1-c1ccc(C[C@H](NC(=O)C2CCC(CNC(=O)OC(C)(C)C)CC2)C(=O)Nc2ccc(-c3nn[nH]n3)cc2)cc1. The van der Waals surface area contributed by atoms with Crippen molar-refractivity contribution in [2.24, 2.45) is 11.8 Å². The highest BCUT2D eigenvalue weighted by molar-refractivity contribution is 5.98. The number of carboxylic acid groups (broad SMARTS) is 1. The Morgan fingerprint density at radius 2 is 1.63 bits per heavy atom. The monoisotopic (exact) mass is 695 g/mol. The predicted molar refractivity (Wildman–Crippen MR) is 192 cm³/mol. The van der Waals surface area contributed by atoms with Gasteiger partial charge in [0.25, 0.3) is 0 Å². The molecule has 0 unspecified atom stereocenters. The zero-order valence-electron chi connectivity index (χ0n) is 29.4. The van der Waals surface area contributed by atoms with Crippen LogP contribution in [-0.4, -0.2) is 67.8 Å². The Morgan fingerprint density at radius 3 is 2.24 bits per heavy atom. The first-order chi connectivity index (χ1) is 24.4. The molecule has 1 saturated carbocycles. The van der Waals surface area contributed by atoms with Gasteiger partial charge in [-0.05, 0) is 123 Å². The summed E-state index contributed by atoms with van der Waals surface area (Å²) in [6.07, 6.45) is 3.34. The van der Waals surface area contributed by atoms with Crippen molar-refractivity contribution in [3.05, 3.63) is 83.4 Å². The molecule has 268 valence electrons. The maximum Gasteiger partial charge on any atom is 0.407 e.